The van der Waals surface area contributed by atoms with E-state index in [4.69, 9.17) is 0 Å². The minimum atomic E-state index is -0.873. The topological polar surface area (TPSA) is 69.6 Å². The third-order valence-corrected chi connectivity index (χ3v) is 17.6. The summed E-state index contributed by atoms with van der Waals surface area (Å²) < 4.78 is 0. The zero-order valence-electron chi connectivity index (χ0n) is 56.9. The van der Waals surface area contributed by atoms with E-state index in [2.05, 4.69) is 79.9 Å². The first kappa shape index (κ1) is 81.8. The van der Waals surface area contributed by atoms with Crippen LogP contribution < -0.4 is 5.32 Å². The van der Waals surface area contributed by atoms with Crippen molar-refractivity contribution in [3.8, 4) is 0 Å². The molecule has 0 radical (unpaired) electrons. The molecule has 0 aromatic heterocycles. The Morgan fingerprint density at radius 2 is 0.500 bits per heavy atom. The lowest BCUT2D eigenvalue weighted by atomic mass is 10.0. The van der Waals surface area contributed by atoms with E-state index in [0.717, 1.165) is 51.4 Å². The lowest BCUT2D eigenvalue weighted by Crippen LogP contribution is -2.45. The first-order valence-electron chi connectivity index (χ1n) is 38.2. The van der Waals surface area contributed by atoms with Crippen molar-refractivity contribution >= 4 is 5.91 Å². The Labute approximate surface area is 527 Å². The van der Waals surface area contributed by atoms with Crippen LogP contribution in [0, 0.1) is 0 Å². The van der Waals surface area contributed by atoms with Gasteiger partial charge in [0.2, 0.25) is 5.91 Å². The molecule has 84 heavy (non-hydrogen) atoms. The standard InChI is InChI=1S/C80H149NO3/c1-3-5-7-9-11-13-15-17-19-21-23-25-27-29-31-33-35-36-37-38-39-40-41-42-43-44-46-48-50-52-54-56-58-60-62-64-66-68-70-72-74-76-80(84)81-78(77-82)79(83)75-73-71-69-67-65-63-61-59-57-55-53-51-49-47-45-34-32-30-28-26-24-22-20-18-16-14-12-10-8-6-4-2/h15,17,21,23,27,29,57,59,65,67,73,75,78-79,82-83H,3-14,16,18-20,22,24-26,28,30-56,58,60-64,66,68-72,74,76-77H2,1-2H3,(H,81,84)/b17-15-,23-21-,29-27-,59-57+,67-65+,75-73+. The van der Waals surface area contributed by atoms with E-state index < -0.39 is 12.1 Å². The van der Waals surface area contributed by atoms with E-state index in [1.54, 1.807) is 6.08 Å². The number of carbonyl (C=O) groups excluding carboxylic acids is 1. The second kappa shape index (κ2) is 75.1. The van der Waals surface area contributed by atoms with Crippen molar-refractivity contribution < 1.29 is 15.0 Å². The number of aliphatic hydroxyl groups excluding tert-OH is 2. The predicted molar refractivity (Wildman–Crippen MR) is 377 cm³/mol. The van der Waals surface area contributed by atoms with Crippen LogP contribution in [0.25, 0.3) is 0 Å². The number of nitrogens with one attached hydrogen (secondary N) is 1. The van der Waals surface area contributed by atoms with Crippen molar-refractivity contribution in [3.05, 3.63) is 72.9 Å². The molecule has 0 rings (SSSR count). The molecule has 4 heteroatoms. The Bertz CT molecular complexity index is 1420. The Kier molecular flexibility index (Phi) is 73.1. The summed E-state index contributed by atoms with van der Waals surface area (Å²) >= 11 is 0. The maximum absolute atomic E-state index is 12.6. The van der Waals surface area contributed by atoms with Gasteiger partial charge in [-0.3, -0.25) is 4.79 Å². The van der Waals surface area contributed by atoms with Gasteiger partial charge < -0.3 is 15.5 Å². The SMILES string of the molecule is CCCCCCC/C=C\C/C=C\C/C=C\CCCCCCCCCCCCCCCCCCCCCCCCCCCCC(=O)NC(CO)C(O)/C=C/CC/C=C/CC/C=C/CCCCCCCCCCCCCCCCCCCCCCC. The van der Waals surface area contributed by atoms with Crippen LogP contribution in [0.2, 0.25) is 0 Å². The third-order valence-electron chi connectivity index (χ3n) is 17.6. The molecule has 4 nitrogen and oxygen atoms in total. The normalized spacial score (nSPS) is 13.0. The first-order chi connectivity index (χ1) is 41.7. The molecule has 0 aromatic carbocycles. The van der Waals surface area contributed by atoms with Crippen LogP contribution in [0.4, 0.5) is 0 Å². The van der Waals surface area contributed by atoms with E-state index in [-0.39, 0.29) is 12.5 Å². The van der Waals surface area contributed by atoms with Gasteiger partial charge in [0, 0.05) is 6.42 Å². The fraction of sp³-hybridized carbons (Fsp3) is 0.838. The van der Waals surface area contributed by atoms with E-state index in [0.29, 0.717) is 6.42 Å². The first-order valence-corrected chi connectivity index (χ1v) is 38.2. The molecule has 0 saturated carbocycles. The molecule has 0 aliphatic carbocycles. The van der Waals surface area contributed by atoms with Gasteiger partial charge >= 0.3 is 0 Å². The molecule has 3 N–H and O–H groups in total. The van der Waals surface area contributed by atoms with Crippen molar-refractivity contribution in [1.82, 2.24) is 5.32 Å². The average Bonchev–Trinajstić information content (AvgIpc) is 3.51. The molecule has 0 aliphatic rings. The summed E-state index contributed by atoms with van der Waals surface area (Å²) in [6.07, 6.45) is 109. The zero-order valence-corrected chi connectivity index (χ0v) is 56.9. The number of unbranched alkanes of at least 4 members (excludes halogenated alkanes) is 54. The minimum Gasteiger partial charge on any atom is -0.394 e. The van der Waals surface area contributed by atoms with Crippen LogP contribution >= 0.6 is 0 Å². The lowest BCUT2D eigenvalue weighted by Gasteiger charge is -2.19. The van der Waals surface area contributed by atoms with Gasteiger partial charge in [0.15, 0.2) is 0 Å². The molecule has 0 aromatic rings. The largest absolute Gasteiger partial charge is 0.394 e. The van der Waals surface area contributed by atoms with Crippen LogP contribution in [0.1, 0.15) is 412 Å². The molecule has 0 heterocycles. The average molecular weight is 1170 g/mol. The van der Waals surface area contributed by atoms with Gasteiger partial charge in [-0.25, -0.2) is 0 Å². The second-order valence-corrected chi connectivity index (χ2v) is 26.1. The molecule has 0 fully saturated rings. The van der Waals surface area contributed by atoms with Crippen LogP contribution in [-0.4, -0.2) is 34.9 Å². The Morgan fingerprint density at radius 3 is 0.774 bits per heavy atom. The number of allylic oxidation sites excluding steroid dienone is 11. The quantitative estimate of drug-likeness (QED) is 0.0420. The van der Waals surface area contributed by atoms with E-state index in [9.17, 15) is 15.0 Å². The van der Waals surface area contributed by atoms with Gasteiger partial charge in [-0.15, -0.1) is 0 Å². The number of carbonyl (C=O) groups is 1. The van der Waals surface area contributed by atoms with E-state index >= 15 is 0 Å². The fourth-order valence-corrected chi connectivity index (χ4v) is 11.9. The van der Waals surface area contributed by atoms with Crippen LogP contribution in [-0.2, 0) is 4.79 Å². The number of hydrogen-bond donors (Lipinski definition) is 3. The van der Waals surface area contributed by atoms with Gasteiger partial charge in [0.25, 0.3) is 0 Å². The van der Waals surface area contributed by atoms with Crippen molar-refractivity contribution in [2.24, 2.45) is 0 Å². The van der Waals surface area contributed by atoms with Crippen molar-refractivity contribution in [2.75, 3.05) is 6.61 Å². The number of aliphatic hydroxyl groups is 2. The summed E-state index contributed by atoms with van der Waals surface area (Å²) in [5.41, 5.74) is 0. The van der Waals surface area contributed by atoms with Crippen molar-refractivity contribution in [2.45, 2.75) is 424 Å². The van der Waals surface area contributed by atoms with Crippen molar-refractivity contribution in [3.63, 3.8) is 0 Å². The molecular formula is C80H149NO3. The van der Waals surface area contributed by atoms with Crippen LogP contribution in [0.5, 0.6) is 0 Å². The van der Waals surface area contributed by atoms with Crippen molar-refractivity contribution in [1.29, 1.82) is 0 Å². The summed E-state index contributed by atoms with van der Waals surface area (Å²) in [6, 6.07) is -0.649. The molecule has 0 bridgehead atoms. The van der Waals surface area contributed by atoms with Gasteiger partial charge in [0.1, 0.15) is 0 Å². The smallest absolute Gasteiger partial charge is 0.220 e. The molecule has 2 unspecified atom stereocenters. The monoisotopic (exact) mass is 1170 g/mol. The molecule has 0 aliphatic heterocycles. The molecule has 2 atom stereocenters. The Morgan fingerprint density at radius 1 is 0.286 bits per heavy atom. The summed E-state index contributed by atoms with van der Waals surface area (Å²) in [4.78, 5) is 12.6. The minimum absolute atomic E-state index is 0.0711. The van der Waals surface area contributed by atoms with E-state index in [1.165, 1.54) is 340 Å². The third kappa shape index (κ3) is 70.6. The maximum Gasteiger partial charge on any atom is 0.220 e. The van der Waals surface area contributed by atoms with Crippen LogP contribution in [0.15, 0.2) is 72.9 Å². The van der Waals surface area contributed by atoms with Gasteiger partial charge in [0.05, 0.1) is 18.8 Å². The zero-order chi connectivity index (χ0) is 60.5. The Hall–Kier alpha value is -2.17. The Balaban J connectivity index is 3.45. The summed E-state index contributed by atoms with van der Waals surface area (Å²) in [5, 5.41) is 23.3. The number of amides is 1. The van der Waals surface area contributed by atoms with Gasteiger partial charge in [-0.05, 0) is 83.5 Å². The van der Waals surface area contributed by atoms with E-state index in [1.807, 2.05) is 6.08 Å². The highest BCUT2D eigenvalue weighted by atomic mass is 16.3. The molecular weight excluding hydrogens is 1020 g/mol. The number of hydrogen-bond acceptors (Lipinski definition) is 3. The molecule has 0 spiro atoms. The highest BCUT2D eigenvalue weighted by molar-refractivity contribution is 5.76. The highest BCUT2D eigenvalue weighted by Gasteiger charge is 2.18. The van der Waals surface area contributed by atoms with Crippen LogP contribution in [0.3, 0.4) is 0 Å². The second-order valence-electron chi connectivity index (χ2n) is 26.1. The fourth-order valence-electron chi connectivity index (χ4n) is 11.9. The maximum atomic E-state index is 12.6. The molecule has 0 saturated heterocycles. The summed E-state index contributed by atoms with van der Waals surface area (Å²) in [6.45, 7) is 4.32. The lowest BCUT2D eigenvalue weighted by molar-refractivity contribution is -0.123. The number of rotatable bonds is 71. The molecule has 492 valence electrons. The highest BCUT2D eigenvalue weighted by Crippen LogP contribution is 2.19. The van der Waals surface area contributed by atoms with Gasteiger partial charge in [-0.1, -0.05) is 395 Å². The predicted octanol–water partition coefficient (Wildman–Crippen LogP) is 26.4. The summed E-state index contributed by atoms with van der Waals surface area (Å²) in [5.74, 6) is -0.0711. The molecule has 1 amide bonds. The van der Waals surface area contributed by atoms with Gasteiger partial charge in [-0.2, -0.15) is 0 Å². The summed E-state index contributed by atoms with van der Waals surface area (Å²) in [7, 11) is 0.